The highest BCUT2D eigenvalue weighted by atomic mass is 16.6. The number of para-hydroxylation sites is 3. The predicted molar refractivity (Wildman–Crippen MR) is 107 cm³/mol. The molecule has 148 valence electrons. The highest BCUT2D eigenvalue weighted by Crippen LogP contribution is 2.24. The molecule has 6 nitrogen and oxygen atoms in total. The molecule has 0 heterocycles. The number of hydrogen-bond acceptors (Lipinski definition) is 6. The van der Waals surface area contributed by atoms with Crippen molar-refractivity contribution >= 4 is 11.9 Å². The normalized spacial score (nSPS) is 10.1. The van der Waals surface area contributed by atoms with E-state index in [1.807, 2.05) is 30.3 Å². The van der Waals surface area contributed by atoms with E-state index in [1.165, 1.54) is 19.2 Å². The molecule has 0 aliphatic heterocycles. The van der Waals surface area contributed by atoms with E-state index in [4.69, 9.17) is 18.9 Å². The van der Waals surface area contributed by atoms with E-state index in [0.717, 1.165) is 5.75 Å². The van der Waals surface area contributed by atoms with Crippen molar-refractivity contribution in [3.63, 3.8) is 0 Å². The minimum absolute atomic E-state index is 0.117. The summed E-state index contributed by atoms with van der Waals surface area (Å²) in [7, 11) is 1.27. The third-order valence-electron chi connectivity index (χ3n) is 3.95. The number of rotatable bonds is 8. The third-order valence-corrected chi connectivity index (χ3v) is 3.95. The van der Waals surface area contributed by atoms with Crippen molar-refractivity contribution in [3.8, 4) is 17.2 Å². The summed E-state index contributed by atoms with van der Waals surface area (Å²) in [6, 6.07) is 22.5. The van der Waals surface area contributed by atoms with Gasteiger partial charge in [0.05, 0.1) is 7.11 Å². The molecule has 0 radical (unpaired) electrons. The average molecular weight is 392 g/mol. The summed E-state index contributed by atoms with van der Waals surface area (Å²) in [4.78, 5) is 24.5. The largest absolute Gasteiger partial charge is 0.490 e. The Balaban J connectivity index is 1.65. The van der Waals surface area contributed by atoms with Gasteiger partial charge in [0.2, 0.25) is 0 Å². The zero-order chi connectivity index (χ0) is 20.5. The number of carbonyl (C=O) groups is 2. The Kier molecular flexibility index (Phi) is 6.84. The number of methoxy groups -OCH3 is 1. The van der Waals surface area contributed by atoms with Gasteiger partial charge in [-0.1, -0.05) is 42.5 Å². The van der Waals surface area contributed by atoms with Crippen LogP contribution in [0.25, 0.3) is 0 Å². The zero-order valence-electron chi connectivity index (χ0n) is 15.9. The molecule has 3 rings (SSSR count). The van der Waals surface area contributed by atoms with E-state index in [1.54, 1.807) is 36.4 Å². The summed E-state index contributed by atoms with van der Waals surface area (Å²) in [5.41, 5.74) is 0.407. The molecule has 3 aromatic carbocycles. The van der Waals surface area contributed by atoms with Gasteiger partial charge in [0.15, 0.2) is 0 Å². The molecular weight excluding hydrogens is 372 g/mol. The first-order valence-electron chi connectivity index (χ1n) is 8.98. The van der Waals surface area contributed by atoms with Crippen molar-refractivity contribution in [2.24, 2.45) is 0 Å². The molecule has 0 amide bonds. The second-order valence-electron chi connectivity index (χ2n) is 5.88. The van der Waals surface area contributed by atoms with Gasteiger partial charge in [0.25, 0.3) is 0 Å². The molecule has 6 heteroatoms. The minimum Gasteiger partial charge on any atom is -0.490 e. The van der Waals surface area contributed by atoms with E-state index >= 15 is 0 Å². The van der Waals surface area contributed by atoms with Crippen molar-refractivity contribution in [2.45, 2.75) is 0 Å². The fourth-order valence-corrected chi connectivity index (χ4v) is 2.58. The molecule has 0 unspecified atom stereocenters. The van der Waals surface area contributed by atoms with Crippen molar-refractivity contribution in [1.29, 1.82) is 0 Å². The topological polar surface area (TPSA) is 71.1 Å². The highest BCUT2D eigenvalue weighted by Gasteiger charge is 2.19. The first-order valence-corrected chi connectivity index (χ1v) is 8.98. The second kappa shape index (κ2) is 9.94. The van der Waals surface area contributed by atoms with Crippen LogP contribution < -0.4 is 14.2 Å². The molecule has 0 atom stereocenters. The van der Waals surface area contributed by atoms with Gasteiger partial charge in [-0.05, 0) is 36.4 Å². The average Bonchev–Trinajstić information content (AvgIpc) is 2.77. The lowest BCUT2D eigenvalue weighted by molar-refractivity contribution is 0.0593. The van der Waals surface area contributed by atoms with Crippen LogP contribution in [-0.2, 0) is 4.74 Å². The Hall–Kier alpha value is -3.80. The number of esters is 2. The lowest BCUT2D eigenvalue weighted by atomic mass is 10.2. The Bertz CT molecular complexity index is 968. The van der Waals surface area contributed by atoms with Gasteiger partial charge in [-0.2, -0.15) is 0 Å². The summed E-state index contributed by atoms with van der Waals surface area (Å²) in [6.07, 6.45) is 0. The second-order valence-corrected chi connectivity index (χ2v) is 5.88. The van der Waals surface area contributed by atoms with Gasteiger partial charge in [0.1, 0.15) is 41.6 Å². The molecule has 0 saturated heterocycles. The first kappa shape index (κ1) is 19.9. The van der Waals surface area contributed by atoms with Crippen molar-refractivity contribution in [3.05, 3.63) is 90.0 Å². The summed E-state index contributed by atoms with van der Waals surface area (Å²) >= 11 is 0. The number of ether oxygens (including phenoxy) is 4. The van der Waals surface area contributed by atoms with Crippen LogP contribution in [0.15, 0.2) is 78.9 Å². The summed E-state index contributed by atoms with van der Waals surface area (Å²) in [5.74, 6) is -0.00332. The van der Waals surface area contributed by atoms with Crippen LogP contribution in [0.5, 0.6) is 17.2 Å². The van der Waals surface area contributed by atoms with E-state index in [9.17, 15) is 9.59 Å². The molecule has 0 spiro atoms. The highest BCUT2D eigenvalue weighted by molar-refractivity contribution is 5.97. The Morgan fingerprint density at radius 1 is 0.655 bits per heavy atom. The van der Waals surface area contributed by atoms with E-state index in [0.29, 0.717) is 12.4 Å². The Morgan fingerprint density at radius 3 is 1.90 bits per heavy atom. The molecule has 3 aromatic rings. The maximum absolute atomic E-state index is 12.7. The van der Waals surface area contributed by atoms with Crippen LogP contribution in [0, 0.1) is 0 Å². The SMILES string of the molecule is COC(=O)c1ccccc1OC(=O)c1ccccc1OCCOc1ccccc1. The van der Waals surface area contributed by atoms with Gasteiger partial charge in [-0.15, -0.1) is 0 Å². The monoisotopic (exact) mass is 392 g/mol. The first-order chi connectivity index (χ1) is 14.2. The van der Waals surface area contributed by atoms with Crippen LogP contribution in [0.3, 0.4) is 0 Å². The maximum Gasteiger partial charge on any atom is 0.347 e. The molecule has 0 aliphatic rings. The molecule has 0 aliphatic carbocycles. The smallest absolute Gasteiger partial charge is 0.347 e. The molecule has 0 saturated carbocycles. The van der Waals surface area contributed by atoms with Crippen LogP contribution in [0.4, 0.5) is 0 Å². The van der Waals surface area contributed by atoms with E-state index in [2.05, 4.69) is 0 Å². The lowest BCUT2D eigenvalue weighted by Crippen LogP contribution is -2.15. The number of carbonyl (C=O) groups excluding carboxylic acids is 2. The molecule has 0 fully saturated rings. The molecule has 0 aromatic heterocycles. The lowest BCUT2D eigenvalue weighted by Gasteiger charge is -2.13. The number of benzene rings is 3. The van der Waals surface area contributed by atoms with Crippen LogP contribution in [-0.4, -0.2) is 32.3 Å². The quantitative estimate of drug-likeness (QED) is 0.326. The molecule has 0 bridgehead atoms. The van der Waals surface area contributed by atoms with Gasteiger partial charge in [0, 0.05) is 0 Å². The van der Waals surface area contributed by atoms with Crippen molar-refractivity contribution in [2.75, 3.05) is 20.3 Å². The van der Waals surface area contributed by atoms with Crippen LogP contribution >= 0.6 is 0 Å². The van der Waals surface area contributed by atoms with Gasteiger partial charge in [-0.25, -0.2) is 9.59 Å². The Morgan fingerprint density at radius 2 is 1.21 bits per heavy atom. The van der Waals surface area contributed by atoms with Crippen molar-refractivity contribution < 1.29 is 28.5 Å². The Labute approximate surface area is 168 Å². The fourth-order valence-electron chi connectivity index (χ4n) is 2.58. The third kappa shape index (κ3) is 5.35. The molecule has 29 heavy (non-hydrogen) atoms. The maximum atomic E-state index is 12.7. The van der Waals surface area contributed by atoms with Crippen LogP contribution in [0.2, 0.25) is 0 Å². The minimum atomic E-state index is -0.638. The summed E-state index contributed by atoms with van der Waals surface area (Å²) in [6.45, 7) is 0.566. The van der Waals surface area contributed by atoms with Crippen LogP contribution in [0.1, 0.15) is 20.7 Å². The van der Waals surface area contributed by atoms with Gasteiger partial charge in [-0.3, -0.25) is 0 Å². The van der Waals surface area contributed by atoms with E-state index in [-0.39, 0.29) is 23.5 Å². The standard InChI is InChI=1S/C23H20O6/c1-26-22(24)19-12-6-8-14-21(19)29-23(25)18-11-5-7-13-20(18)28-16-15-27-17-9-3-2-4-10-17/h2-14H,15-16H2,1H3. The zero-order valence-corrected chi connectivity index (χ0v) is 15.9. The molecule has 0 N–H and O–H groups in total. The predicted octanol–water partition coefficient (Wildman–Crippen LogP) is 4.15. The fraction of sp³-hybridized carbons (Fsp3) is 0.130. The summed E-state index contributed by atoms with van der Waals surface area (Å²) in [5, 5.41) is 0. The van der Waals surface area contributed by atoms with Gasteiger partial charge < -0.3 is 18.9 Å². The number of hydrogen-bond donors (Lipinski definition) is 0. The van der Waals surface area contributed by atoms with E-state index < -0.39 is 11.9 Å². The van der Waals surface area contributed by atoms with Crippen molar-refractivity contribution in [1.82, 2.24) is 0 Å². The van der Waals surface area contributed by atoms with Gasteiger partial charge >= 0.3 is 11.9 Å². The summed E-state index contributed by atoms with van der Waals surface area (Å²) < 4.78 is 21.4. The molecular formula is C23H20O6.